The first-order chi connectivity index (χ1) is 21.8. The Morgan fingerprint density at radius 2 is 1.80 bits per heavy atom. The molecule has 244 valence electrons. The van der Waals surface area contributed by atoms with E-state index in [1.54, 1.807) is 43.9 Å². The molecule has 2 aliphatic carbocycles. The number of benzene rings is 2. The van der Waals surface area contributed by atoms with Gasteiger partial charge in [0.2, 0.25) is 11.5 Å². The average Bonchev–Trinajstić information content (AvgIpc) is 3.73. The summed E-state index contributed by atoms with van der Waals surface area (Å²) in [7, 11) is 0. The molecule has 2 aromatic rings. The van der Waals surface area contributed by atoms with Gasteiger partial charge in [0.1, 0.15) is 12.1 Å². The molecule has 12 nitrogen and oxygen atoms in total. The topological polar surface area (TPSA) is 144 Å². The normalized spacial score (nSPS) is 22.0. The number of ether oxygens (including phenoxy) is 3. The van der Waals surface area contributed by atoms with E-state index in [9.17, 15) is 24.0 Å². The molecule has 0 aromatic heterocycles. The lowest BCUT2D eigenvalue weighted by atomic mass is 9.94. The quantitative estimate of drug-likeness (QED) is 0.424. The first-order valence-corrected chi connectivity index (χ1v) is 15.7. The largest absolute Gasteiger partial charge is 0.444 e. The maximum absolute atomic E-state index is 13.9. The summed E-state index contributed by atoms with van der Waals surface area (Å²) in [6, 6.07) is 14.6. The van der Waals surface area contributed by atoms with Gasteiger partial charge in [-0.3, -0.25) is 14.4 Å². The highest BCUT2D eigenvalue weighted by atomic mass is 16.6. The molecule has 5 amide bonds. The number of anilines is 1. The number of hydrogen-bond acceptors (Lipinski definition) is 8. The van der Waals surface area contributed by atoms with Gasteiger partial charge in [-0.1, -0.05) is 36.4 Å². The third-order valence-electron chi connectivity index (χ3n) is 9.09. The zero-order valence-corrected chi connectivity index (χ0v) is 26.6. The molecule has 2 aliphatic heterocycles. The van der Waals surface area contributed by atoms with Gasteiger partial charge < -0.3 is 29.7 Å². The minimum absolute atomic E-state index is 0.00660. The van der Waals surface area contributed by atoms with E-state index in [1.807, 2.05) is 37.3 Å². The Morgan fingerprint density at radius 1 is 1.09 bits per heavy atom. The summed E-state index contributed by atoms with van der Waals surface area (Å²) in [5, 5.41) is 5.46. The van der Waals surface area contributed by atoms with Crippen LogP contribution in [0.4, 0.5) is 15.3 Å². The van der Waals surface area contributed by atoms with Gasteiger partial charge in [-0.15, -0.1) is 0 Å². The highest BCUT2D eigenvalue weighted by Crippen LogP contribution is 2.46. The van der Waals surface area contributed by atoms with Crippen LogP contribution in [0, 0.1) is 5.92 Å². The smallest absolute Gasteiger partial charge is 0.418 e. The van der Waals surface area contributed by atoms with Gasteiger partial charge in [-0.2, -0.15) is 0 Å². The lowest BCUT2D eigenvalue weighted by Crippen LogP contribution is -2.69. The molecule has 2 atom stereocenters. The Hall–Kier alpha value is -4.45. The summed E-state index contributed by atoms with van der Waals surface area (Å²) in [5.41, 5.74) is -0.852. The van der Waals surface area contributed by atoms with Crippen molar-refractivity contribution in [3.63, 3.8) is 0 Å². The summed E-state index contributed by atoms with van der Waals surface area (Å²) in [6.07, 6.45) is 1.16. The van der Waals surface area contributed by atoms with Crippen molar-refractivity contribution in [2.24, 2.45) is 5.92 Å². The van der Waals surface area contributed by atoms with Gasteiger partial charge >= 0.3 is 12.2 Å². The van der Waals surface area contributed by atoms with Gasteiger partial charge in [0.15, 0.2) is 5.54 Å². The van der Waals surface area contributed by atoms with Gasteiger partial charge in [0.25, 0.3) is 11.8 Å². The third kappa shape index (κ3) is 6.05. The number of carbonyl (C=O) groups is 5. The van der Waals surface area contributed by atoms with E-state index in [0.29, 0.717) is 30.1 Å². The Kier molecular flexibility index (Phi) is 8.04. The molecule has 2 heterocycles. The Labute approximate surface area is 267 Å². The number of carbonyl (C=O) groups excluding carboxylic acids is 5. The van der Waals surface area contributed by atoms with Crippen LogP contribution in [0.5, 0.6) is 0 Å². The molecule has 0 radical (unpaired) electrons. The minimum Gasteiger partial charge on any atom is -0.444 e. The Balaban J connectivity index is 1.15. The van der Waals surface area contributed by atoms with E-state index in [2.05, 4.69) is 10.6 Å². The van der Waals surface area contributed by atoms with Crippen molar-refractivity contribution in [2.45, 2.75) is 82.7 Å². The number of aryl methyl sites for hydroxylation is 1. The zero-order valence-electron chi connectivity index (χ0n) is 26.6. The summed E-state index contributed by atoms with van der Waals surface area (Å²) in [6.45, 7) is 7.18. The van der Waals surface area contributed by atoms with Crippen molar-refractivity contribution < 1.29 is 38.2 Å². The number of rotatable bonds is 9. The highest BCUT2D eigenvalue weighted by Gasteiger charge is 2.58. The van der Waals surface area contributed by atoms with Crippen LogP contribution in [-0.2, 0) is 47.2 Å². The van der Waals surface area contributed by atoms with Crippen molar-refractivity contribution in [3.8, 4) is 0 Å². The summed E-state index contributed by atoms with van der Waals surface area (Å²) in [4.78, 5) is 68.9. The van der Waals surface area contributed by atoms with E-state index in [0.717, 1.165) is 28.9 Å². The first-order valence-electron chi connectivity index (χ1n) is 15.7. The van der Waals surface area contributed by atoms with Crippen LogP contribution in [0.15, 0.2) is 48.5 Å². The third-order valence-corrected chi connectivity index (χ3v) is 9.09. The minimum atomic E-state index is -1.52. The Morgan fingerprint density at radius 3 is 2.43 bits per heavy atom. The number of imide groups is 1. The number of fused-ring (bicyclic) bond motifs is 2. The molecular formula is C34H40N4O8. The fourth-order valence-corrected chi connectivity index (χ4v) is 6.35. The maximum Gasteiger partial charge on any atom is 0.418 e. The molecule has 2 saturated heterocycles. The molecule has 2 aromatic carbocycles. The van der Waals surface area contributed by atoms with Crippen molar-refractivity contribution in [1.29, 1.82) is 0 Å². The molecule has 3 fully saturated rings. The van der Waals surface area contributed by atoms with Crippen molar-refractivity contribution in [2.75, 3.05) is 25.1 Å². The maximum atomic E-state index is 13.9. The predicted octanol–water partition coefficient (Wildman–Crippen LogP) is 3.87. The molecule has 4 aliphatic rings. The monoisotopic (exact) mass is 632 g/mol. The van der Waals surface area contributed by atoms with E-state index in [1.165, 1.54) is 0 Å². The molecular weight excluding hydrogens is 592 g/mol. The first kappa shape index (κ1) is 31.5. The van der Waals surface area contributed by atoms with E-state index >= 15 is 0 Å². The van der Waals surface area contributed by atoms with Crippen LogP contribution < -0.4 is 10.6 Å². The molecule has 1 spiro atoms. The van der Waals surface area contributed by atoms with E-state index in [4.69, 9.17) is 14.2 Å². The van der Waals surface area contributed by atoms with Crippen LogP contribution in [0.1, 0.15) is 63.6 Å². The summed E-state index contributed by atoms with van der Waals surface area (Å²) in [5.74, 6) is -0.940. The van der Waals surface area contributed by atoms with E-state index < -0.39 is 47.3 Å². The number of amides is 5. The summed E-state index contributed by atoms with van der Waals surface area (Å²) < 4.78 is 16.3. The fourth-order valence-electron chi connectivity index (χ4n) is 6.35. The fraction of sp³-hybridized carbons (Fsp3) is 0.500. The summed E-state index contributed by atoms with van der Waals surface area (Å²) >= 11 is 0. The van der Waals surface area contributed by atoms with Crippen molar-refractivity contribution in [1.82, 2.24) is 15.1 Å². The molecule has 2 N–H and O–H groups in total. The van der Waals surface area contributed by atoms with Gasteiger partial charge in [0, 0.05) is 30.3 Å². The second kappa shape index (κ2) is 11.7. The number of alkyl carbamates (subject to hydrolysis) is 1. The molecule has 46 heavy (non-hydrogen) atoms. The van der Waals surface area contributed by atoms with Crippen molar-refractivity contribution in [3.05, 3.63) is 65.2 Å². The second-order valence-electron chi connectivity index (χ2n) is 13.7. The van der Waals surface area contributed by atoms with Crippen molar-refractivity contribution >= 4 is 35.6 Å². The van der Waals surface area contributed by atoms with Crippen LogP contribution in [0.25, 0.3) is 0 Å². The van der Waals surface area contributed by atoms with Crippen LogP contribution in [-0.4, -0.2) is 76.6 Å². The van der Waals surface area contributed by atoms with E-state index in [-0.39, 0.29) is 31.6 Å². The average molecular weight is 633 g/mol. The van der Waals surface area contributed by atoms with Crippen LogP contribution >= 0.6 is 0 Å². The molecule has 12 heteroatoms. The second-order valence-corrected chi connectivity index (χ2v) is 13.7. The number of nitrogens with one attached hydrogen (secondary N) is 2. The van der Waals surface area contributed by atoms with Crippen LogP contribution in [0.2, 0.25) is 0 Å². The van der Waals surface area contributed by atoms with Crippen LogP contribution in [0.3, 0.4) is 0 Å². The SMILES string of the molecule is C[C@@H](C1CC1)N(Cc1ccccc1)C(=O)CN1C(=O)OC2(CCc3cc(NC(=O)C4(NC(=O)OC(C)(C)C)COC4)ccc32)C1=O. The number of hydrogen-bond donors (Lipinski definition) is 2. The van der Waals surface area contributed by atoms with Gasteiger partial charge in [-0.25, -0.2) is 14.5 Å². The lowest BCUT2D eigenvalue weighted by molar-refractivity contribution is -0.143. The zero-order chi connectivity index (χ0) is 32.9. The highest BCUT2D eigenvalue weighted by molar-refractivity contribution is 6.06. The standard InChI is InChI=1S/C34H40N4O8/c1-21(23-10-11-23)37(17-22-8-6-5-7-9-22)27(39)18-38-29(41)34(46-31(38)43)15-14-24-16-25(12-13-26(24)34)35-28(40)33(19-44-20-33)36-30(42)45-32(2,3)4/h5-9,12-13,16,21,23H,10-11,14-15,17-20H2,1-4H3,(H,35,40)(H,36,42)/t21-,34?/m0/s1. The Bertz CT molecular complexity index is 1560. The van der Waals surface area contributed by atoms with Gasteiger partial charge in [-0.05, 0) is 76.1 Å². The number of nitrogens with zero attached hydrogens (tertiary/aromatic N) is 2. The molecule has 0 bridgehead atoms. The lowest BCUT2D eigenvalue weighted by Gasteiger charge is -2.40. The predicted molar refractivity (Wildman–Crippen MR) is 165 cm³/mol. The van der Waals surface area contributed by atoms with Gasteiger partial charge in [0.05, 0.1) is 13.2 Å². The molecule has 1 saturated carbocycles. The molecule has 1 unspecified atom stereocenters. The molecule has 6 rings (SSSR count).